The molecule has 1 atom stereocenters. The zero-order chi connectivity index (χ0) is 20.4. The second-order valence-corrected chi connectivity index (χ2v) is 7.94. The molecule has 0 aliphatic carbocycles. The van der Waals surface area contributed by atoms with Crippen molar-refractivity contribution in [2.24, 2.45) is 0 Å². The molecule has 0 bridgehead atoms. The van der Waals surface area contributed by atoms with Crippen LogP contribution in [0.25, 0.3) is 22.4 Å². The van der Waals surface area contributed by atoms with Crippen molar-refractivity contribution in [3.63, 3.8) is 0 Å². The molecule has 0 saturated heterocycles. The molecule has 1 amide bonds. The fourth-order valence-electron chi connectivity index (χ4n) is 3.18. The standard InChI is InChI=1S/C22H21N3O3S/c1-13-8-14(2)10-17(9-13)21-24-25-22(28-21)29-12-20(26)23-15(3)19-11-16-6-4-5-7-18(16)27-19/h4-11,15H,12H2,1-3H3,(H,23,26)/t15-/m1/s1. The van der Waals surface area contributed by atoms with Crippen LogP contribution >= 0.6 is 11.8 Å². The van der Waals surface area contributed by atoms with Gasteiger partial charge in [-0.05, 0) is 45.0 Å². The molecular formula is C22H21N3O3S. The highest BCUT2D eigenvalue weighted by molar-refractivity contribution is 7.99. The Labute approximate surface area is 172 Å². The lowest BCUT2D eigenvalue weighted by Crippen LogP contribution is -2.27. The summed E-state index contributed by atoms with van der Waals surface area (Å²) in [7, 11) is 0. The van der Waals surface area contributed by atoms with Gasteiger partial charge in [0.2, 0.25) is 11.8 Å². The Morgan fingerprint density at radius 1 is 1.07 bits per heavy atom. The monoisotopic (exact) mass is 407 g/mol. The molecule has 0 spiro atoms. The van der Waals surface area contributed by atoms with Crippen LogP contribution in [-0.4, -0.2) is 21.9 Å². The zero-order valence-electron chi connectivity index (χ0n) is 16.4. The number of fused-ring (bicyclic) bond motifs is 1. The van der Waals surface area contributed by atoms with E-state index in [1.165, 1.54) is 11.8 Å². The second kappa shape index (κ2) is 8.13. The van der Waals surface area contributed by atoms with Crippen molar-refractivity contribution in [1.82, 2.24) is 15.5 Å². The van der Waals surface area contributed by atoms with Crippen LogP contribution in [0.1, 0.15) is 29.9 Å². The smallest absolute Gasteiger partial charge is 0.277 e. The number of carbonyl (C=O) groups excluding carboxylic acids is 1. The SMILES string of the molecule is Cc1cc(C)cc(-c2nnc(SCC(=O)N[C@H](C)c3cc4ccccc4o3)o2)c1. The number of carbonyl (C=O) groups is 1. The lowest BCUT2D eigenvalue weighted by Gasteiger charge is -2.10. The van der Waals surface area contributed by atoms with Gasteiger partial charge in [0.25, 0.3) is 5.22 Å². The third kappa shape index (κ3) is 4.51. The minimum Gasteiger partial charge on any atom is -0.459 e. The van der Waals surface area contributed by atoms with Gasteiger partial charge in [-0.25, -0.2) is 0 Å². The largest absolute Gasteiger partial charge is 0.459 e. The Hall–Kier alpha value is -3.06. The molecule has 148 valence electrons. The van der Waals surface area contributed by atoms with Gasteiger partial charge in [0.1, 0.15) is 11.3 Å². The molecule has 0 aliphatic rings. The quantitative estimate of drug-likeness (QED) is 0.450. The van der Waals surface area contributed by atoms with E-state index in [2.05, 4.69) is 21.6 Å². The Morgan fingerprint density at radius 2 is 1.83 bits per heavy atom. The van der Waals surface area contributed by atoms with Crippen LogP contribution in [-0.2, 0) is 4.79 Å². The number of furan rings is 1. The van der Waals surface area contributed by atoms with Gasteiger partial charge in [-0.2, -0.15) is 0 Å². The summed E-state index contributed by atoms with van der Waals surface area (Å²) in [4.78, 5) is 12.3. The molecule has 0 fully saturated rings. The summed E-state index contributed by atoms with van der Waals surface area (Å²) in [6.45, 7) is 5.94. The molecular weight excluding hydrogens is 386 g/mol. The summed E-state index contributed by atoms with van der Waals surface area (Å²) < 4.78 is 11.5. The van der Waals surface area contributed by atoms with Gasteiger partial charge in [-0.1, -0.05) is 47.2 Å². The van der Waals surface area contributed by atoms with E-state index < -0.39 is 0 Å². The number of hydrogen-bond acceptors (Lipinski definition) is 6. The Morgan fingerprint density at radius 3 is 2.59 bits per heavy atom. The Kier molecular flexibility index (Phi) is 5.40. The third-order valence-electron chi connectivity index (χ3n) is 4.45. The van der Waals surface area contributed by atoms with E-state index >= 15 is 0 Å². The van der Waals surface area contributed by atoms with Crippen molar-refractivity contribution in [3.05, 3.63) is 65.4 Å². The van der Waals surface area contributed by atoms with Crippen LogP contribution in [0.2, 0.25) is 0 Å². The lowest BCUT2D eigenvalue weighted by molar-refractivity contribution is -0.119. The highest BCUT2D eigenvalue weighted by atomic mass is 32.2. The lowest BCUT2D eigenvalue weighted by atomic mass is 10.1. The Balaban J connectivity index is 1.35. The fourth-order valence-corrected chi connectivity index (χ4v) is 3.75. The van der Waals surface area contributed by atoms with Crippen LogP contribution in [0.15, 0.2) is 62.6 Å². The first kappa shape index (κ1) is 19.3. The van der Waals surface area contributed by atoms with Gasteiger partial charge in [0.15, 0.2) is 0 Å². The molecule has 1 N–H and O–H groups in total. The minimum atomic E-state index is -0.232. The Bertz CT molecular complexity index is 1110. The van der Waals surface area contributed by atoms with E-state index in [1.807, 2.05) is 63.2 Å². The van der Waals surface area contributed by atoms with E-state index in [0.29, 0.717) is 11.1 Å². The number of amides is 1. The van der Waals surface area contributed by atoms with E-state index in [1.54, 1.807) is 0 Å². The summed E-state index contributed by atoms with van der Waals surface area (Å²) in [5.74, 6) is 1.22. The number of para-hydroxylation sites is 1. The normalized spacial score (nSPS) is 12.2. The van der Waals surface area contributed by atoms with Crippen molar-refractivity contribution in [2.45, 2.75) is 32.0 Å². The van der Waals surface area contributed by atoms with Gasteiger partial charge in [0.05, 0.1) is 11.8 Å². The summed E-state index contributed by atoms with van der Waals surface area (Å²) in [5.41, 5.74) is 3.95. The van der Waals surface area contributed by atoms with Crippen LogP contribution in [0.3, 0.4) is 0 Å². The number of aryl methyl sites for hydroxylation is 2. The maximum absolute atomic E-state index is 12.3. The molecule has 7 heteroatoms. The molecule has 0 unspecified atom stereocenters. The molecule has 0 aliphatic heterocycles. The molecule has 2 aromatic carbocycles. The van der Waals surface area contributed by atoms with Crippen LogP contribution in [0.5, 0.6) is 0 Å². The zero-order valence-corrected chi connectivity index (χ0v) is 17.2. The number of hydrogen-bond donors (Lipinski definition) is 1. The number of benzene rings is 2. The molecule has 4 aromatic rings. The molecule has 6 nitrogen and oxygen atoms in total. The van der Waals surface area contributed by atoms with Crippen molar-refractivity contribution in [1.29, 1.82) is 0 Å². The summed E-state index contributed by atoms with van der Waals surface area (Å²) in [5, 5.41) is 12.5. The van der Waals surface area contributed by atoms with Crippen LogP contribution in [0.4, 0.5) is 0 Å². The van der Waals surface area contributed by atoms with Gasteiger partial charge >= 0.3 is 0 Å². The third-order valence-corrected chi connectivity index (χ3v) is 5.27. The molecule has 29 heavy (non-hydrogen) atoms. The number of nitrogens with zero attached hydrogens (tertiary/aromatic N) is 2. The van der Waals surface area contributed by atoms with Gasteiger partial charge in [-0.15, -0.1) is 10.2 Å². The van der Waals surface area contributed by atoms with E-state index in [-0.39, 0.29) is 17.7 Å². The maximum Gasteiger partial charge on any atom is 0.277 e. The fraction of sp³-hybridized carbons (Fsp3) is 0.227. The van der Waals surface area contributed by atoms with E-state index in [4.69, 9.17) is 8.83 Å². The maximum atomic E-state index is 12.3. The molecule has 0 saturated carbocycles. The predicted molar refractivity (Wildman–Crippen MR) is 113 cm³/mol. The van der Waals surface area contributed by atoms with Crippen molar-refractivity contribution in [2.75, 3.05) is 5.75 Å². The van der Waals surface area contributed by atoms with Gasteiger partial charge in [-0.3, -0.25) is 4.79 Å². The van der Waals surface area contributed by atoms with E-state index in [0.717, 1.165) is 33.4 Å². The summed E-state index contributed by atoms with van der Waals surface area (Å²) >= 11 is 1.21. The number of rotatable bonds is 6. The average molecular weight is 407 g/mol. The van der Waals surface area contributed by atoms with Crippen molar-refractivity contribution < 1.29 is 13.6 Å². The molecule has 2 heterocycles. The van der Waals surface area contributed by atoms with Crippen LogP contribution < -0.4 is 5.32 Å². The van der Waals surface area contributed by atoms with Crippen molar-refractivity contribution >= 4 is 28.6 Å². The minimum absolute atomic E-state index is 0.130. The number of aromatic nitrogens is 2. The first-order valence-electron chi connectivity index (χ1n) is 9.31. The van der Waals surface area contributed by atoms with Gasteiger partial charge < -0.3 is 14.2 Å². The summed E-state index contributed by atoms with van der Waals surface area (Å²) in [6, 6.07) is 15.6. The topological polar surface area (TPSA) is 81.2 Å². The van der Waals surface area contributed by atoms with Crippen LogP contribution in [0, 0.1) is 13.8 Å². The molecule has 4 rings (SSSR count). The second-order valence-electron chi connectivity index (χ2n) is 7.01. The highest BCUT2D eigenvalue weighted by Gasteiger charge is 2.16. The average Bonchev–Trinajstić information content (AvgIpc) is 3.32. The number of nitrogens with one attached hydrogen (secondary N) is 1. The predicted octanol–water partition coefficient (Wildman–Crippen LogP) is 5.07. The highest BCUT2D eigenvalue weighted by Crippen LogP contribution is 2.26. The first-order chi connectivity index (χ1) is 14.0. The summed E-state index contributed by atoms with van der Waals surface area (Å²) in [6.07, 6.45) is 0. The molecule has 2 aromatic heterocycles. The first-order valence-corrected chi connectivity index (χ1v) is 10.3. The molecule has 0 radical (unpaired) electrons. The van der Waals surface area contributed by atoms with Gasteiger partial charge in [0, 0.05) is 10.9 Å². The van der Waals surface area contributed by atoms with E-state index in [9.17, 15) is 4.79 Å². The number of thioether (sulfide) groups is 1. The van der Waals surface area contributed by atoms with Crippen molar-refractivity contribution in [3.8, 4) is 11.5 Å².